The van der Waals surface area contributed by atoms with Gasteiger partial charge >= 0.3 is 0 Å². The number of hydrogen-bond donors (Lipinski definition) is 2. The Morgan fingerprint density at radius 1 is 1.31 bits per heavy atom. The fourth-order valence-electron chi connectivity index (χ4n) is 1.75. The summed E-state index contributed by atoms with van der Waals surface area (Å²) >= 11 is 0. The van der Waals surface area contributed by atoms with Gasteiger partial charge in [-0.05, 0) is 24.6 Å². The molecule has 0 radical (unpaired) electrons. The lowest BCUT2D eigenvalue weighted by Crippen LogP contribution is -2.22. The van der Waals surface area contributed by atoms with E-state index in [2.05, 4.69) is 11.4 Å². The first-order valence-corrected chi connectivity index (χ1v) is 5.60. The third kappa shape index (κ3) is 2.84. The molecule has 0 fully saturated rings. The van der Waals surface area contributed by atoms with Gasteiger partial charge in [0.15, 0.2) is 0 Å². The van der Waals surface area contributed by atoms with Gasteiger partial charge in [0.25, 0.3) is 0 Å². The van der Waals surface area contributed by atoms with Crippen molar-refractivity contribution in [1.29, 1.82) is 0 Å². The Morgan fingerprint density at radius 3 is 2.94 bits per heavy atom. The zero-order valence-corrected chi connectivity index (χ0v) is 9.28. The Balaban J connectivity index is 1.96. The number of benzene rings is 1. The highest BCUT2D eigenvalue weighted by Crippen LogP contribution is 2.19. The van der Waals surface area contributed by atoms with Crippen molar-refractivity contribution < 1.29 is 9.84 Å². The molecule has 0 bridgehead atoms. The van der Waals surface area contributed by atoms with Crippen molar-refractivity contribution in [3.63, 3.8) is 0 Å². The summed E-state index contributed by atoms with van der Waals surface area (Å²) in [6.07, 6.45) is 3.21. The van der Waals surface area contributed by atoms with E-state index in [4.69, 9.17) is 9.84 Å². The van der Waals surface area contributed by atoms with Crippen molar-refractivity contribution in [2.75, 3.05) is 19.7 Å². The van der Waals surface area contributed by atoms with Gasteiger partial charge in [-0.2, -0.15) is 0 Å². The number of nitrogens with one attached hydrogen (secondary N) is 1. The molecule has 0 aliphatic carbocycles. The molecule has 1 heterocycles. The topological polar surface area (TPSA) is 41.5 Å². The van der Waals surface area contributed by atoms with Gasteiger partial charge in [0.05, 0.1) is 6.61 Å². The normalized spacial score (nSPS) is 15.7. The molecule has 0 saturated carbocycles. The van der Waals surface area contributed by atoms with Crippen molar-refractivity contribution in [2.24, 2.45) is 0 Å². The maximum Gasteiger partial charge on any atom is 0.125 e. The largest absolute Gasteiger partial charge is 0.489 e. The zero-order valence-electron chi connectivity index (χ0n) is 9.28. The second-order valence-corrected chi connectivity index (χ2v) is 3.87. The summed E-state index contributed by atoms with van der Waals surface area (Å²) < 4.78 is 5.71. The molecule has 1 aliphatic heterocycles. The van der Waals surface area contributed by atoms with E-state index < -0.39 is 0 Å². The van der Waals surface area contributed by atoms with Gasteiger partial charge in [-0.25, -0.2) is 0 Å². The van der Waals surface area contributed by atoms with Crippen LogP contribution in [0.5, 0.6) is 5.75 Å². The molecule has 1 aliphatic rings. The second kappa shape index (κ2) is 5.68. The van der Waals surface area contributed by atoms with E-state index in [9.17, 15) is 0 Å². The Kier molecular flexibility index (Phi) is 3.97. The zero-order chi connectivity index (χ0) is 11.2. The van der Waals surface area contributed by atoms with Crippen molar-refractivity contribution in [3.05, 3.63) is 41.5 Å². The van der Waals surface area contributed by atoms with Crippen LogP contribution in [0.15, 0.2) is 35.9 Å². The van der Waals surface area contributed by atoms with Crippen molar-refractivity contribution in [1.82, 2.24) is 5.32 Å². The standard InChI is InChI=1S/C13H17NO2/c15-9-12-3-1-2-4-13(12)16-10-11-5-7-14-8-6-11/h1-5,14-15H,6-10H2. The van der Waals surface area contributed by atoms with Crippen molar-refractivity contribution >= 4 is 0 Å². The summed E-state index contributed by atoms with van der Waals surface area (Å²) in [5.74, 6) is 0.782. The highest BCUT2D eigenvalue weighted by atomic mass is 16.5. The van der Waals surface area contributed by atoms with Crippen LogP contribution < -0.4 is 10.1 Å². The smallest absolute Gasteiger partial charge is 0.125 e. The predicted octanol–water partition coefficient (Wildman–Crippen LogP) is 1.48. The average Bonchev–Trinajstić information content (AvgIpc) is 2.38. The summed E-state index contributed by atoms with van der Waals surface area (Å²) in [5.41, 5.74) is 2.17. The van der Waals surface area contributed by atoms with Gasteiger partial charge < -0.3 is 15.2 Å². The molecular formula is C13H17NO2. The van der Waals surface area contributed by atoms with Crippen LogP contribution in [0.4, 0.5) is 0 Å². The molecule has 3 nitrogen and oxygen atoms in total. The summed E-state index contributed by atoms with van der Waals surface area (Å²) in [6.45, 7) is 2.60. The van der Waals surface area contributed by atoms with Gasteiger partial charge in [0.2, 0.25) is 0 Å². The fraction of sp³-hybridized carbons (Fsp3) is 0.385. The lowest BCUT2D eigenvalue weighted by molar-refractivity contribution is 0.268. The van der Waals surface area contributed by atoms with E-state index in [0.29, 0.717) is 6.61 Å². The molecule has 1 aromatic rings. The van der Waals surface area contributed by atoms with E-state index in [1.807, 2.05) is 24.3 Å². The van der Waals surface area contributed by atoms with Crippen LogP contribution in [0.25, 0.3) is 0 Å². The molecule has 86 valence electrons. The van der Waals surface area contributed by atoms with E-state index in [0.717, 1.165) is 30.8 Å². The van der Waals surface area contributed by atoms with Crippen molar-refractivity contribution in [2.45, 2.75) is 13.0 Å². The van der Waals surface area contributed by atoms with Crippen LogP contribution in [-0.2, 0) is 6.61 Å². The number of aliphatic hydroxyl groups excluding tert-OH is 1. The molecule has 0 unspecified atom stereocenters. The molecule has 16 heavy (non-hydrogen) atoms. The number of ether oxygens (including phenoxy) is 1. The van der Waals surface area contributed by atoms with Crippen LogP contribution in [0.3, 0.4) is 0 Å². The maximum absolute atomic E-state index is 9.15. The molecule has 2 rings (SSSR count). The summed E-state index contributed by atoms with van der Waals surface area (Å²) in [7, 11) is 0. The SMILES string of the molecule is OCc1ccccc1OCC1=CCNCC1. The lowest BCUT2D eigenvalue weighted by atomic mass is 10.1. The van der Waals surface area contributed by atoms with E-state index in [-0.39, 0.29) is 6.61 Å². The third-order valence-corrected chi connectivity index (χ3v) is 2.71. The van der Waals surface area contributed by atoms with Crippen LogP contribution in [0.1, 0.15) is 12.0 Å². The lowest BCUT2D eigenvalue weighted by Gasteiger charge is -2.15. The number of hydrogen-bond acceptors (Lipinski definition) is 3. The number of rotatable bonds is 4. The first-order valence-electron chi connectivity index (χ1n) is 5.60. The minimum atomic E-state index is 0.0246. The quantitative estimate of drug-likeness (QED) is 0.754. The first kappa shape index (κ1) is 11.2. The molecule has 0 atom stereocenters. The second-order valence-electron chi connectivity index (χ2n) is 3.87. The molecule has 0 spiro atoms. The van der Waals surface area contributed by atoms with Gasteiger partial charge in [0.1, 0.15) is 12.4 Å². The van der Waals surface area contributed by atoms with Gasteiger partial charge in [-0.3, -0.25) is 0 Å². The molecule has 0 aromatic heterocycles. The van der Waals surface area contributed by atoms with Crippen LogP contribution in [0.2, 0.25) is 0 Å². The van der Waals surface area contributed by atoms with E-state index >= 15 is 0 Å². The Hall–Kier alpha value is -1.32. The number of para-hydroxylation sites is 1. The highest BCUT2D eigenvalue weighted by molar-refractivity contribution is 5.33. The van der Waals surface area contributed by atoms with E-state index in [1.54, 1.807) is 0 Å². The molecule has 0 amide bonds. The Morgan fingerprint density at radius 2 is 2.19 bits per heavy atom. The molecule has 0 saturated heterocycles. The Bertz CT molecular complexity index is 374. The van der Waals surface area contributed by atoms with Gasteiger partial charge in [0, 0.05) is 12.1 Å². The minimum Gasteiger partial charge on any atom is -0.489 e. The molecule has 1 aromatic carbocycles. The monoisotopic (exact) mass is 219 g/mol. The fourth-order valence-corrected chi connectivity index (χ4v) is 1.75. The van der Waals surface area contributed by atoms with Crippen LogP contribution in [0, 0.1) is 0 Å². The Labute approximate surface area is 95.7 Å². The van der Waals surface area contributed by atoms with Crippen molar-refractivity contribution in [3.8, 4) is 5.75 Å². The number of aliphatic hydroxyl groups is 1. The maximum atomic E-state index is 9.15. The third-order valence-electron chi connectivity index (χ3n) is 2.71. The average molecular weight is 219 g/mol. The summed E-state index contributed by atoms with van der Waals surface area (Å²) in [5, 5.41) is 12.4. The minimum absolute atomic E-state index is 0.0246. The van der Waals surface area contributed by atoms with Gasteiger partial charge in [-0.15, -0.1) is 0 Å². The highest BCUT2D eigenvalue weighted by Gasteiger charge is 2.05. The molecular weight excluding hydrogens is 202 g/mol. The van der Waals surface area contributed by atoms with Gasteiger partial charge in [-0.1, -0.05) is 24.3 Å². The molecule has 3 heteroatoms. The first-order chi connectivity index (χ1) is 7.90. The molecule has 2 N–H and O–H groups in total. The van der Waals surface area contributed by atoms with Crippen LogP contribution >= 0.6 is 0 Å². The summed E-state index contributed by atoms with van der Waals surface area (Å²) in [4.78, 5) is 0. The predicted molar refractivity (Wildman–Crippen MR) is 63.4 cm³/mol. The summed E-state index contributed by atoms with van der Waals surface area (Å²) in [6, 6.07) is 7.60. The van der Waals surface area contributed by atoms with E-state index in [1.165, 1.54) is 5.57 Å². The van der Waals surface area contributed by atoms with Crippen LogP contribution in [-0.4, -0.2) is 24.8 Å².